The Morgan fingerprint density at radius 1 is 1.14 bits per heavy atom. The molecule has 0 fully saturated rings. The molecule has 2 aromatic carbocycles. The van der Waals surface area contributed by atoms with Crippen molar-refractivity contribution in [1.82, 2.24) is 5.32 Å². The van der Waals surface area contributed by atoms with Crippen LogP contribution >= 0.6 is 11.6 Å². The number of benzene rings is 2. The van der Waals surface area contributed by atoms with Crippen LogP contribution in [0.25, 0.3) is 0 Å². The average Bonchev–Trinajstić information content (AvgIpc) is 2.66. The van der Waals surface area contributed by atoms with Crippen molar-refractivity contribution < 1.29 is 24.2 Å². The first kappa shape index (κ1) is 22.6. The molecule has 2 aromatic rings. The summed E-state index contributed by atoms with van der Waals surface area (Å²) in [7, 11) is 0. The lowest BCUT2D eigenvalue weighted by atomic mass is 10.0. The first-order chi connectivity index (χ1) is 13.9. The van der Waals surface area contributed by atoms with E-state index in [4.69, 9.17) is 21.1 Å². The summed E-state index contributed by atoms with van der Waals surface area (Å²) in [6.45, 7) is 4.72. The van der Waals surface area contributed by atoms with Gasteiger partial charge in [0.2, 0.25) is 5.91 Å². The highest BCUT2D eigenvalue weighted by molar-refractivity contribution is 6.30. The second-order valence-corrected chi connectivity index (χ2v) is 7.02. The zero-order valence-electron chi connectivity index (χ0n) is 16.6. The van der Waals surface area contributed by atoms with E-state index in [1.54, 1.807) is 36.4 Å². The molecular weight excluding hydrogens is 394 g/mol. The lowest BCUT2D eigenvalue weighted by Crippen LogP contribution is -2.30. The van der Waals surface area contributed by atoms with Gasteiger partial charge in [0.15, 0.2) is 0 Å². The van der Waals surface area contributed by atoms with Crippen LogP contribution in [0.15, 0.2) is 42.5 Å². The maximum atomic E-state index is 12.3. The predicted octanol–water partition coefficient (Wildman–Crippen LogP) is 4.54. The van der Waals surface area contributed by atoms with Crippen LogP contribution < -0.4 is 14.8 Å². The van der Waals surface area contributed by atoms with Gasteiger partial charge in [0.05, 0.1) is 25.7 Å². The minimum Gasteiger partial charge on any atom is -0.494 e. The van der Waals surface area contributed by atoms with E-state index in [1.165, 1.54) is 0 Å². The SMILES string of the molecule is CCOc1ccc([C@H](CC(=O)O)NC(=O)CCCOc2ccc(Cl)cc2C)cc1. The number of hydrogen-bond acceptors (Lipinski definition) is 4. The molecule has 0 radical (unpaired) electrons. The maximum Gasteiger partial charge on any atom is 0.305 e. The first-order valence-electron chi connectivity index (χ1n) is 9.52. The number of nitrogens with one attached hydrogen (secondary N) is 1. The van der Waals surface area contributed by atoms with Gasteiger partial charge in [0.25, 0.3) is 0 Å². The van der Waals surface area contributed by atoms with E-state index >= 15 is 0 Å². The summed E-state index contributed by atoms with van der Waals surface area (Å²) in [5.74, 6) is 0.228. The van der Waals surface area contributed by atoms with Gasteiger partial charge in [0, 0.05) is 11.4 Å². The van der Waals surface area contributed by atoms with Crippen LogP contribution in [-0.4, -0.2) is 30.2 Å². The Morgan fingerprint density at radius 3 is 2.48 bits per heavy atom. The molecule has 0 aliphatic heterocycles. The molecule has 0 aromatic heterocycles. The summed E-state index contributed by atoms with van der Waals surface area (Å²) in [5.41, 5.74) is 1.65. The van der Waals surface area contributed by atoms with Crippen LogP contribution in [-0.2, 0) is 9.59 Å². The minimum absolute atomic E-state index is 0.194. The summed E-state index contributed by atoms with van der Waals surface area (Å²) >= 11 is 5.92. The second kappa shape index (κ2) is 11.3. The number of carboxylic acids is 1. The van der Waals surface area contributed by atoms with Crippen molar-refractivity contribution in [2.75, 3.05) is 13.2 Å². The van der Waals surface area contributed by atoms with Crippen molar-refractivity contribution in [2.24, 2.45) is 0 Å². The molecule has 29 heavy (non-hydrogen) atoms. The molecule has 0 aliphatic rings. The van der Waals surface area contributed by atoms with Crippen LogP contribution in [0.3, 0.4) is 0 Å². The van der Waals surface area contributed by atoms with E-state index in [1.807, 2.05) is 19.9 Å². The molecule has 0 saturated carbocycles. The maximum absolute atomic E-state index is 12.3. The lowest BCUT2D eigenvalue weighted by molar-refractivity contribution is -0.137. The predicted molar refractivity (Wildman–Crippen MR) is 112 cm³/mol. The van der Waals surface area contributed by atoms with Gasteiger partial charge in [-0.2, -0.15) is 0 Å². The quantitative estimate of drug-likeness (QED) is 0.522. The van der Waals surface area contributed by atoms with Crippen LogP contribution in [0.5, 0.6) is 11.5 Å². The summed E-state index contributed by atoms with van der Waals surface area (Å²) < 4.78 is 11.1. The number of amides is 1. The van der Waals surface area contributed by atoms with Crippen molar-refractivity contribution >= 4 is 23.5 Å². The molecule has 0 unspecified atom stereocenters. The zero-order chi connectivity index (χ0) is 21.2. The number of carboxylic acid groups (broad SMARTS) is 1. The Morgan fingerprint density at radius 2 is 1.86 bits per heavy atom. The molecule has 6 nitrogen and oxygen atoms in total. The topological polar surface area (TPSA) is 84.9 Å². The highest BCUT2D eigenvalue weighted by Crippen LogP contribution is 2.23. The van der Waals surface area contributed by atoms with Gasteiger partial charge >= 0.3 is 5.97 Å². The minimum atomic E-state index is -0.981. The Labute approximate surface area is 175 Å². The first-order valence-corrected chi connectivity index (χ1v) is 9.89. The number of aliphatic carboxylic acids is 1. The number of rotatable bonds is 11. The third kappa shape index (κ3) is 7.66. The fourth-order valence-corrected chi connectivity index (χ4v) is 3.07. The van der Waals surface area contributed by atoms with E-state index < -0.39 is 12.0 Å². The molecule has 7 heteroatoms. The highest BCUT2D eigenvalue weighted by Gasteiger charge is 2.18. The van der Waals surface area contributed by atoms with Crippen molar-refractivity contribution in [3.63, 3.8) is 0 Å². The van der Waals surface area contributed by atoms with E-state index in [-0.39, 0.29) is 18.7 Å². The third-order valence-corrected chi connectivity index (χ3v) is 4.49. The van der Waals surface area contributed by atoms with Crippen molar-refractivity contribution in [2.45, 2.75) is 39.2 Å². The molecule has 156 valence electrons. The van der Waals surface area contributed by atoms with Gasteiger partial charge in [-0.15, -0.1) is 0 Å². The fraction of sp³-hybridized carbons (Fsp3) is 0.364. The summed E-state index contributed by atoms with van der Waals surface area (Å²) in [4.78, 5) is 23.5. The Balaban J connectivity index is 1.86. The molecule has 1 amide bonds. The van der Waals surface area contributed by atoms with Crippen LogP contribution in [0.1, 0.15) is 43.4 Å². The molecule has 2 N–H and O–H groups in total. The van der Waals surface area contributed by atoms with Gasteiger partial charge < -0.3 is 19.9 Å². The normalized spacial score (nSPS) is 11.6. The highest BCUT2D eigenvalue weighted by atomic mass is 35.5. The number of carbonyl (C=O) groups is 2. The van der Waals surface area contributed by atoms with Crippen LogP contribution in [0.4, 0.5) is 0 Å². The lowest BCUT2D eigenvalue weighted by Gasteiger charge is -2.18. The summed E-state index contributed by atoms with van der Waals surface area (Å²) in [6, 6.07) is 11.8. The van der Waals surface area contributed by atoms with Gasteiger partial charge in [0.1, 0.15) is 11.5 Å². The number of aryl methyl sites for hydroxylation is 1. The molecule has 0 saturated heterocycles. The van der Waals surface area contributed by atoms with Crippen LogP contribution in [0.2, 0.25) is 5.02 Å². The zero-order valence-corrected chi connectivity index (χ0v) is 17.4. The second-order valence-electron chi connectivity index (χ2n) is 6.58. The van der Waals surface area contributed by atoms with E-state index in [2.05, 4.69) is 5.32 Å². The monoisotopic (exact) mass is 419 g/mol. The van der Waals surface area contributed by atoms with Crippen molar-refractivity contribution in [1.29, 1.82) is 0 Å². The Kier molecular flexibility index (Phi) is 8.80. The van der Waals surface area contributed by atoms with E-state index in [0.29, 0.717) is 30.4 Å². The average molecular weight is 420 g/mol. The molecule has 2 rings (SSSR count). The third-order valence-electron chi connectivity index (χ3n) is 4.25. The molecule has 0 aliphatic carbocycles. The summed E-state index contributed by atoms with van der Waals surface area (Å²) in [5, 5.41) is 12.6. The van der Waals surface area contributed by atoms with E-state index in [9.17, 15) is 14.7 Å². The molecule has 0 bridgehead atoms. The van der Waals surface area contributed by atoms with Gasteiger partial charge in [-0.05, 0) is 61.7 Å². The number of carbonyl (C=O) groups excluding carboxylic acids is 1. The van der Waals surface area contributed by atoms with Crippen LogP contribution in [0, 0.1) is 6.92 Å². The molecular formula is C22H26ClNO5. The van der Waals surface area contributed by atoms with Gasteiger partial charge in [-0.1, -0.05) is 23.7 Å². The number of hydrogen-bond donors (Lipinski definition) is 2. The molecule has 0 spiro atoms. The fourth-order valence-electron chi connectivity index (χ4n) is 2.85. The van der Waals surface area contributed by atoms with E-state index in [0.717, 1.165) is 16.9 Å². The summed E-state index contributed by atoms with van der Waals surface area (Å²) in [6.07, 6.45) is 0.553. The number of ether oxygens (including phenoxy) is 2. The largest absolute Gasteiger partial charge is 0.494 e. The Bertz CT molecular complexity index is 822. The standard InChI is InChI=1S/C22H26ClNO5/c1-3-28-18-9-6-16(7-10-18)19(14-22(26)27)24-21(25)5-4-12-29-20-11-8-17(23)13-15(20)2/h6-11,13,19H,3-5,12,14H2,1-2H3,(H,24,25)(H,26,27)/t19-/m0/s1. The van der Waals surface area contributed by atoms with Crippen molar-refractivity contribution in [3.8, 4) is 11.5 Å². The molecule has 1 atom stereocenters. The molecule has 0 heterocycles. The Hall–Kier alpha value is -2.73. The van der Waals surface area contributed by atoms with Gasteiger partial charge in [-0.25, -0.2) is 0 Å². The van der Waals surface area contributed by atoms with Gasteiger partial charge in [-0.3, -0.25) is 9.59 Å². The number of halogens is 1. The smallest absolute Gasteiger partial charge is 0.305 e. The van der Waals surface area contributed by atoms with Crippen molar-refractivity contribution in [3.05, 3.63) is 58.6 Å².